The molecule has 19 heavy (non-hydrogen) atoms. The molecule has 106 valence electrons. The van der Waals surface area contributed by atoms with Crippen molar-refractivity contribution < 1.29 is 0 Å². The zero-order valence-corrected chi connectivity index (χ0v) is 13.6. The fraction of sp³-hybridized carbons (Fsp3) is 0.688. The molecule has 0 amide bonds. The third-order valence-corrected chi connectivity index (χ3v) is 4.89. The minimum Gasteiger partial charge on any atom is -0.317 e. The van der Waals surface area contributed by atoms with Crippen LogP contribution in [0.25, 0.3) is 0 Å². The fourth-order valence-electron chi connectivity index (χ4n) is 3.43. The van der Waals surface area contributed by atoms with E-state index >= 15 is 0 Å². The lowest BCUT2D eigenvalue weighted by Crippen LogP contribution is -2.39. The summed E-state index contributed by atoms with van der Waals surface area (Å²) >= 11 is 3.45. The van der Waals surface area contributed by atoms with Gasteiger partial charge in [-0.2, -0.15) is 0 Å². The quantitative estimate of drug-likeness (QED) is 0.878. The third kappa shape index (κ3) is 4.28. The summed E-state index contributed by atoms with van der Waals surface area (Å²) in [6, 6.07) is 4.92. The highest BCUT2D eigenvalue weighted by molar-refractivity contribution is 9.10. The maximum atomic E-state index is 4.54. The van der Waals surface area contributed by atoms with E-state index in [1.807, 2.05) is 6.20 Å². The van der Waals surface area contributed by atoms with Crippen LogP contribution in [0.15, 0.2) is 22.8 Å². The number of rotatable bonds is 5. The molecule has 1 aromatic rings. The standard InChI is InChI=1S/C16H25BrN2/c1-3-4-12-5-8-16(18-2)13(9-12)10-15-7-6-14(17)11-19-15/h6-7,11-13,16,18H,3-5,8-10H2,1-2H3. The molecule has 1 saturated carbocycles. The van der Waals surface area contributed by atoms with Crippen molar-refractivity contribution >= 4 is 15.9 Å². The van der Waals surface area contributed by atoms with Crippen molar-refractivity contribution in [3.63, 3.8) is 0 Å². The van der Waals surface area contributed by atoms with Crippen molar-refractivity contribution in [1.82, 2.24) is 10.3 Å². The molecule has 2 rings (SSSR count). The van der Waals surface area contributed by atoms with Crippen LogP contribution in [0.3, 0.4) is 0 Å². The zero-order chi connectivity index (χ0) is 13.7. The van der Waals surface area contributed by atoms with Crippen LogP contribution in [0.5, 0.6) is 0 Å². The van der Waals surface area contributed by atoms with Gasteiger partial charge in [-0.1, -0.05) is 19.8 Å². The molecule has 0 bridgehead atoms. The largest absolute Gasteiger partial charge is 0.317 e. The summed E-state index contributed by atoms with van der Waals surface area (Å²) in [6.45, 7) is 2.30. The Balaban J connectivity index is 1.99. The molecule has 1 aromatic heterocycles. The summed E-state index contributed by atoms with van der Waals surface area (Å²) in [4.78, 5) is 4.54. The summed E-state index contributed by atoms with van der Waals surface area (Å²) in [5.41, 5.74) is 1.23. The van der Waals surface area contributed by atoms with Gasteiger partial charge in [0.2, 0.25) is 0 Å². The Morgan fingerprint density at radius 1 is 1.37 bits per heavy atom. The van der Waals surface area contributed by atoms with Gasteiger partial charge in [-0.05, 0) is 72.6 Å². The average Bonchev–Trinajstić information content (AvgIpc) is 2.42. The average molecular weight is 325 g/mol. The number of aromatic nitrogens is 1. The Kier molecular flexibility index (Phi) is 5.83. The van der Waals surface area contributed by atoms with Crippen molar-refractivity contribution in [2.75, 3.05) is 7.05 Å². The van der Waals surface area contributed by atoms with Gasteiger partial charge in [-0.25, -0.2) is 0 Å². The molecule has 1 aliphatic carbocycles. The maximum Gasteiger partial charge on any atom is 0.0413 e. The Hall–Kier alpha value is -0.410. The molecule has 3 atom stereocenters. The smallest absolute Gasteiger partial charge is 0.0413 e. The van der Waals surface area contributed by atoms with E-state index in [0.29, 0.717) is 6.04 Å². The lowest BCUT2D eigenvalue weighted by molar-refractivity contribution is 0.199. The van der Waals surface area contributed by atoms with Crippen LogP contribution in [0.1, 0.15) is 44.7 Å². The van der Waals surface area contributed by atoms with E-state index in [1.54, 1.807) is 0 Å². The first-order valence-corrected chi connectivity index (χ1v) is 8.30. The van der Waals surface area contributed by atoms with Crippen molar-refractivity contribution in [2.45, 2.75) is 51.5 Å². The Morgan fingerprint density at radius 2 is 2.21 bits per heavy atom. The summed E-state index contributed by atoms with van der Waals surface area (Å²) in [5, 5.41) is 3.51. The topological polar surface area (TPSA) is 24.9 Å². The lowest BCUT2D eigenvalue weighted by atomic mass is 9.74. The normalized spacial score (nSPS) is 27.4. The number of nitrogens with zero attached hydrogens (tertiary/aromatic N) is 1. The highest BCUT2D eigenvalue weighted by Crippen LogP contribution is 2.33. The number of hydrogen-bond donors (Lipinski definition) is 1. The Morgan fingerprint density at radius 3 is 2.84 bits per heavy atom. The maximum absolute atomic E-state index is 4.54. The summed E-state index contributed by atoms with van der Waals surface area (Å²) in [7, 11) is 2.10. The van der Waals surface area contributed by atoms with Crippen molar-refractivity contribution in [3.8, 4) is 0 Å². The van der Waals surface area contributed by atoms with Crippen LogP contribution in [0.4, 0.5) is 0 Å². The highest BCUT2D eigenvalue weighted by Gasteiger charge is 2.29. The zero-order valence-electron chi connectivity index (χ0n) is 12.0. The molecule has 0 spiro atoms. The van der Waals surface area contributed by atoms with Crippen LogP contribution >= 0.6 is 15.9 Å². The molecule has 3 heteroatoms. The Labute approximate surface area is 125 Å². The highest BCUT2D eigenvalue weighted by atomic mass is 79.9. The molecule has 0 aromatic carbocycles. The predicted molar refractivity (Wildman–Crippen MR) is 84.2 cm³/mol. The third-order valence-electron chi connectivity index (χ3n) is 4.42. The second-order valence-corrected chi connectivity index (χ2v) is 6.71. The summed E-state index contributed by atoms with van der Waals surface area (Å²) in [6.07, 6.45) is 9.80. The second kappa shape index (κ2) is 7.39. The van der Waals surface area contributed by atoms with Gasteiger partial charge < -0.3 is 5.32 Å². The monoisotopic (exact) mass is 324 g/mol. The molecular weight excluding hydrogens is 300 g/mol. The molecule has 0 saturated heterocycles. The molecule has 1 N–H and O–H groups in total. The van der Waals surface area contributed by atoms with Crippen molar-refractivity contribution in [1.29, 1.82) is 0 Å². The van der Waals surface area contributed by atoms with E-state index in [1.165, 1.54) is 37.8 Å². The lowest BCUT2D eigenvalue weighted by Gasteiger charge is -2.36. The molecule has 3 unspecified atom stereocenters. The fourth-order valence-corrected chi connectivity index (χ4v) is 3.67. The molecule has 0 aliphatic heterocycles. The first-order valence-electron chi connectivity index (χ1n) is 7.50. The van der Waals surface area contributed by atoms with Gasteiger partial charge in [0.1, 0.15) is 0 Å². The number of halogens is 1. The van der Waals surface area contributed by atoms with Crippen molar-refractivity contribution in [2.24, 2.45) is 11.8 Å². The Bertz CT molecular complexity index is 377. The van der Waals surface area contributed by atoms with Crippen LogP contribution in [-0.2, 0) is 6.42 Å². The second-order valence-electron chi connectivity index (χ2n) is 5.79. The van der Waals surface area contributed by atoms with Gasteiger partial charge in [-0.3, -0.25) is 4.98 Å². The number of pyridine rings is 1. The van der Waals surface area contributed by atoms with E-state index < -0.39 is 0 Å². The predicted octanol–water partition coefficient (Wildman–Crippen LogP) is 4.19. The molecule has 1 fully saturated rings. The first-order chi connectivity index (χ1) is 9.22. The van der Waals surface area contributed by atoms with E-state index in [0.717, 1.165) is 22.7 Å². The first kappa shape index (κ1) is 15.0. The van der Waals surface area contributed by atoms with E-state index in [2.05, 4.69) is 52.3 Å². The minimum absolute atomic E-state index is 0.665. The summed E-state index contributed by atoms with van der Waals surface area (Å²) < 4.78 is 1.06. The number of hydrogen-bond acceptors (Lipinski definition) is 2. The van der Waals surface area contributed by atoms with Gasteiger partial charge in [0.15, 0.2) is 0 Å². The summed E-state index contributed by atoms with van der Waals surface area (Å²) in [5.74, 6) is 1.67. The number of nitrogens with one attached hydrogen (secondary N) is 1. The van der Waals surface area contributed by atoms with Crippen LogP contribution in [0.2, 0.25) is 0 Å². The van der Waals surface area contributed by atoms with Gasteiger partial charge in [0.05, 0.1) is 0 Å². The van der Waals surface area contributed by atoms with Gasteiger partial charge in [0, 0.05) is 22.4 Å². The SMILES string of the molecule is CCCC1CCC(NC)C(Cc2ccc(Br)cn2)C1. The molecule has 2 nitrogen and oxygen atoms in total. The van der Waals surface area contributed by atoms with E-state index in [4.69, 9.17) is 0 Å². The molecular formula is C16H25BrN2. The molecule has 1 aliphatic rings. The van der Waals surface area contributed by atoms with E-state index in [9.17, 15) is 0 Å². The van der Waals surface area contributed by atoms with E-state index in [-0.39, 0.29) is 0 Å². The van der Waals surface area contributed by atoms with Gasteiger partial charge >= 0.3 is 0 Å². The van der Waals surface area contributed by atoms with Gasteiger partial charge in [0.25, 0.3) is 0 Å². The van der Waals surface area contributed by atoms with Gasteiger partial charge in [-0.15, -0.1) is 0 Å². The van der Waals surface area contributed by atoms with Crippen LogP contribution in [-0.4, -0.2) is 18.1 Å². The minimum atomic E-state index is 0.665. The van der Waals surface area contributed by atoms with Crippen LogP contribution < -0.4 is 5.32 Å². The van der Waals surface area contributed by atoms with Crippen LogP contribution in [0, 0.1) is 11.8 Å². The molecule has 0 radical (unpaired) electrons. The van der Waals surface area contributed by atoms with Crippen molar-refractivity contribution in [3.05, 3.63) is 28.5 Å². The molecule has 1 heterocycles.